The van der Waals surface area contributed by atoms with E-state index >= 15 is 0 Å². The van der Waals surface area contributed by atoms with Crippen molar-refractivity contribution in [3.05, 3.63) is 35.5 Å². The Bertz CT molecular complexity index is 829. The second-order valence-corrected chi connectivity index (χ2v) is 6.98. The van der Waals surface area contributed by atoms with Crippen LogP contribution in [0, 0.1) is 5.92 Å². The van der Waals surface area contributed by atoms with Crippen molar-refractivity contribution in [2.75, 3.05) is 20.7 Å². The molecule has 3 rings (SSSR count). The van der Waals surface area contributed by atoms with E-state index < -0.39 is 18.0 Å². The molecule has 0 spiro atoms. The number of rotatable bonds is 6. The first-order valence-electron chi connectivity index (χ1n) is 8.63. The number of aliphatic carboxylic acids is 1. The molecule has 1 aromatic carbocycles. The topological polar surface area (TPSA) is 107 Å². The molecule has 0 saturated carbocycles. The van der Waals surface area contributed by atoms with Gasteiger partial charge in [0.2, 0.25) is 5.91 Å². The Morgan fingerprint density at radius 3 is 2.67 bits per heavy atom. The lowest BCUT2D eigenvalue weighted by Gasteiger charge is -2.44. The number of aliphatic hydroxyl groups is 1. The summed E-state index contributed by atoms with van der Waals surface area (Å²) >= 11 is 0. The zero-order chi connectivity index (χ0) is 19.9. The van der Waals surface area contributed by atoms with Gasteiger partial charge in [0.1, 0.15) is 11.4 Å². The summed E-state index contributed by atoms with van der Waals surface area (Å²) in [7, 11) is 3.26. The number of benzene rings is 1. The average Bonchev–Trinajstić information content (AvgIpc) is 2.94. The highest BCUT2D eigenvalue weighted by Gasteiger charge is 2.56. The maximum atomic E-state index is 12.3. The van der Waals surface area contributed by atoms with Gasteiger partial charge < -0.3 is 24.7 Å². The van der Waals surface area contributed by atoms with Crippen molar-refractivity contribution >= 4 is 23.4 Å². The van der Waals surface area contributed by atoms with Crippen LogP contribution < -0.4 is 4.74 Å². The van der Waals surface area contributed by atoms with Crippen molar-refractivity contribution in [3.63, 3.8) is 0 Å². The van der Waals surface area contributed by atoms with Gasteiger partial charge in [0, 0.05) is 14.1 Å². The lowest BCUT2D eigenvalue weighted by Crippen LogP contribution is -2.61. The molecule has 8 nitrogen and oxygen atoms in total. The van der Waals surface area contributed by atoms with Crippen molar-refractivity contribution in [2.24, 2.45) is 5.92 Å². The minimum absolute atomic E-state index is 0.0524. The van der Waals surface area contributed by atoms with Gasteiger partial charge in [-0.1, -0.05) is 12.1 Å². The molecule has 0 bridgehead atoms. The highest BCUT2D eigenvalue weighted by molar-refractivity contribution is 6.06. The van der Waals surface area contributed by atoms with Crippen LogP contribution in [0.15, 0.2) is 30.0 Å². The molecule has 144 valence electrons. The summed E-state index contributed by atoms with van der Waals surface area (Å²) in [5.74, 6) is -1.90. The zero-order valence-electron chi connectivity index (χ0n) is 15.4. The maximum Gasteiger partial charge on any atom is 0.352 e. The molecule has 0 aliphatic carbocycles. The van der Waals surface area contributed by atoms with E-state index in [1.54, 1.807) is 38.4 Å². The molecule has 2 heterocycles. The van der Waals surface area contributed by atoms with Crippen molar-refractivity contribution in [3.8, 4) is 5.75 Å². The molecule has 1 aromatic rings. The van der Waals surface area contributed by atoms with Crippen LogP contribution in [0.3, 0.4) is 0 Å². The lowest BCUT2D eigenvalue weighted by molar-refractivity contribution is -0.161. The molecular weight excluding hydrogens is 352 g/mol. The Morgan fingerprint density at radius 1 is 1.37 bits per heavy atom. The third-order valence-electron chi connectivity index (χ3n) is 4.97. The smallest absolute Gasteiger partial charge is 0.352 e. The van der Waals surface area contributed by atoms with E-state index in [1.165, 1.54) is 16.7 Å². The van der Waals surface area contributed by atoms with Crippen molar-refractivity contribution in [2.45, 2.75) is 25.5 Å². The fraction of sp³-hybridized carbons (Fsp3) is 0.421. The quantitative estimate of drug-likeness (QED) is 0.705. The molecule has 0 radical (unpaired) electrons. The van der Waals surface area contributed by atoms with Gasteiger partial charge in [-0.15, -0.1) is 0 Å². The zero-order valence-corrected chi connectivity index (χ0v) is 15.4. The maximum absolute atomic E-state index is 12.3. The molecule has 2 aliphatic rings. The largest absolute Gasteiger partial charge is 0.484 e. The average molecular weight is 374 g/mol. The minimum Gasteiger partial charge on any atom is -0.484 e. The molecule has 27 heavy (non-hydrogen) atoms. The monoisotopic (exact) mass is 374 g/mol. The van der Waals surface area contributed by atoms with E-state index in [-0.39, 0.29) is 30.2 Å². The molecule has 1 fully saturated rings. The number of hydrogen-bond donors (Lipinski definition) is 2. The molecule has 2 aliphatic heterocycles. The summed E-state index contributed by atoms with van der Waals surface area (Å²) in [6.07, 6.45) is -0.483. The predicted molar refractivity (Wildman–Crippen MR) is 95.6 cm³/mol. The Hall–Kier alpha value is -2.87. The summed E-state index contributed by atoms with van der Waals surface area (Å²) in [6, 6.07) is 6.45. The predicted octanol–water partition coefficient (Wildman–Crippen LogP) is 0.561. The standard InChI is InChI=1S/C19H22N2O6/c1-10(22)16-14-8-13(17(19(25)26)21(14)18(16)24)11-5-4-6-12(7-11)27-9-15(23)20(2)3/h4-7,10,14,16,22H,8-9H2,1-3H3,(H,25,26)/t10-,14-,16-/m1/s1. The number of fused-ring (bicyclic) bond motifs is 1. The number of aliphatic hydroxyl groups excluding tert-OH is 1. The van der Waals surface area contributed by atoms with Crippen molar-refractivity contribution in [1.29, 1.82) is 0 Å². The van der Waals surface area contributed by atoms with Gasteiger partial charge in [-0.2, -0.15) is 0 Å². The summed E-state index contributed by atoms with van der Waals surface area (Å²) in [4.78, 5) is 38.4. The van der Waals surface area contributed by atoms with Crippen LogP contribution in [0.25, 0.3) is 5.57 Å². The van der Waals surface area contributed by atoms with E-state index in [1.807, 2.05) is 0 Å². The van der Waals surface area contributed by atoms with Crippen LogP contribution in [0.5, 0.6) is 5.75 Å². The molecule has 8 heteroatoms. The number of carbonyl (C=O) groups is 3. The van der Waals surface area contributed by atoms with Crippen LogP contribution >= 0.6 is 0 Å². The Kier molecular flexibility index (Phi) is 4.93. The SMILES string of the molecule is C[C@@H](O)[C@H]1C(=O)N2C(C(=O)O)=C(c3cccc(OCC(=O)N(C)C)c3)C[C@H]12. The Balaban J connectivity index is 1.87. The lowest BCUT2D eigenvalue weighted by atomic mass is 9.82. The Morgan fingerprint density at radius 2 is 2.07 bits per heavy atom. The first-order valence-corrected chi connectivity index (χ1v) is 8.63. The molecular formula is C19H22N2O6. The number of carbonyl (C=O) groups excluding carboxylic acids is 2. The number of carboxylic acid groups (broad SMARTS) is 1. The highest BCUT2D eigenvalue weighted by Crippen LogP contribution is 2.47. The van der Waals surface area contributed by atoms with Crippen LogP contribution in [-0.4, -0.2) is 70.6 Å². The molecule has 0 unspecified atom stereocenters. The van der Waals surface area contributed by atoms with Crippen LogP contribution in [0.1, 0.15) is 18.9 Å². The van der Waals surface area contributed by atoms with E-state index in [4.69, 9.17) is 4.74 Å². The normalized spacial score (nSPS) is 22.2. The van der Waals surface area contributed by atoms with Crippen molar-refractivity contribution in [1.82, 2.24) is 9.80 Å². The molecule has 2 N–H and O–H groups in total. The first-order chi connectivity index (χ1) is 12.7. The fourth-order valence-electron chi connectivity index (χ4n) is 3.57. The van der Waals surface area contributed by atoms with E-state index in [0.29, 0.717) is 23.3 Å². The van der Waals surface area contributed by atoms with Gasteiger partial charge >= 0.3 is 5.97 Å². The second-order valence-electron chi connectivity index (χ2n) is 6.98. The van der Waals surface area contributed by atoms with E-state index in [9.17, 15) is 24.6 Å². The van der Waals surface area contributed by atoms with Crippen molar-refractivity contribution < 1.29 is 29.3 Å². The third-order valence-corrected chi connectivity index (χ3v) is 4.97. The number of nitrogens with zero attached hydrogens (tertiary/aromatic N) is 2. The van der Waals surface area contributed by atoms with Gasteiger partial charge in [-0.25, -0.2) is 4.79 Å². The number of likely N-dealkylation sites (N-methyl/N-ethyl adjacent to an activating group) is 1. The van der Waals surface area contributed by atoms with E-state index in [2.05, 4.69) is 0 Å². The molecule has 0 aromatic heterocycles. The molecule has 2 amide bonds. The summed E-state index contributed by atoms with van der Waals surface area (Å²) in [5.41, 5.74) is 1.09. The third kappa shape index (κ3) is 3.28. The highest BCUT2D eigenvalue weighted by atomic mass is 16.5. The van der Waals surface area contributed by atoms with Gasteiger partial charge in [-0.05, 0) is 36.6 Å². The van der Waals surface area contributed by atoms with Gasteiger partial charge in [0.15, 0.2) is 6.61 Å². The van der Waals surface area contributed by atoms with Crippen LogP contribution in [0.2, 0.25) is 0 Å². The minimum atomic E-state index is -1.18. The number of hydrogen-bond acceptors (Lipinski definition) is 5. The molecule has 1 saturated heterocycles. The number of carboxylic acids is 1. The second kappa shape index (κ2) is 7.03. The summed E-state index contributed by atoms with van der Waals surface area (Å²) < 4.78 is 5.49. The number of ether oxygens (including phenoxy) is 1. The van der Waals surface area contributed by atoms with Gasteiger partial charge in [-0.3, -0.25) is 9.59 Å². The number of amides is 2. The Labute approximate surface area is 156 Å². The van der Waals surface area contributed by atoms with Crippen LogP contribution in [-0.2, 0) is 14.4 Å². The fourth-order valence-corrected chi connectivity index (χ4v) is 3.57. The van der Waals surface area contributed by atoms with Gasteiger partial charge in [0.05, 0.1) is 18.1 Å². The van der Waals surface area contributed by atoms with Crippen LogP contribution in [0.4, 0.5) is 0 Å². The van der Waals surface area contributed by atoms with E-state index in [0.717, 1.165) is 0 Å². The first kappa shape index (κ1) is 18.9. The number of β-lactam (4-membered cyclic amide) rings is 1. The summed E-state index contributed by atoms with van der Waals surface area (Å²) in [5, 5.41) is 19.4. The van der Waals surface area contributed by atoms with Gasteiger partial charge in [0.25, 0.3) is 5.91 Å². The summed E-state index contributed by atoms with van der Waals surface area (Å²) in [6.45, 7) is 1.41. The molecule has 3 atom stereocenters.